The predicted octanol–water partition coefficient (Wildman–Crippen LogP) is 3.03. The first-order chi connectivity index (χ1) is 9.97. The van der Waals surface area contributed by atoms with Crippen molar-refractivity contribution in [3.63, 3.8) is 0 Å². The number of urea groups is 1. The normalized spacial score (nSPS) is 11.7. The van der Waals surface area contributed by atoms with Crippen LogP contribution in [0.25, 0.3) is 0 Å². The highest BCUT2D eigenvalue weighted by Gasteiger charge is 2.13. The lowest BCUT2D eigenvalue weighted by atomic mass is 10.2. The summed E-state index contributed by atoms with van der Waals surface area (Å²) < 4.78 is 0. The Balaban J connectivity index is 2.03. The number of aromatic hydroxyl groups is 1. The molecule has 0 fully saturated rings. The fourth-order valence-corrected chi connectivity index (χ4v) is 2.49. The molecule has 21 heavy (non-hydrogen) atoms. The molecular formula is C14H14N2O4S. The van der Waals surface area contributed by atoms with Crippen molar-refractivity contribution < 1.29 is 19.8 Å². The van der Waals surface area contributed by atoms with E-state index in [0.29, 0.717) is 5.69 Å². The highest BCUT2D eigenvalue weighted by Crippen LogP contribution is 2.22. The van der Waals surface area contributed by atoms with Crippen molar-refractivity contribution in [3.8, 4) is 5.75 Å². The Morgan fingerprint density at radius 2 is 2.05 bits per heavy atom. The molecule has 1 unspecified atom stereocenters. The van der Waals surface area contributed by atoms with Gasteiger partial charge in [0.15, 0.2) is 0 Å². The van der Waals surface area contributed by atoms with E-state index < -0.39 is 12.0 Å². The van der Waals surface area contributed by atoms with Crippen molar-refractivity contribution in [2.45, 2.75) is 13.0 Å². The van der Waals surface area contributed by atoms with Crippen LogP contribution in [0.4, 0.5) is 10.5 Å². The van der Waals surface area contributed by atoms with Gasteiger partial charge in [-0.3, -0.25) is 0 Å². The van der Waals surface area contributed by atoms with Gasteiger partial charge < -0.3 is 20.8 Å². The zero-order chi connectivity index (χ0) is 15.4. The van der Waals surface area contributed by atoms with Gasteiger partial charge in [0, 0.05) is 10.6 Å². The van der Waals surface area contributed by atoms with Crippen molar-refractivity contribution in [2.24, 2.45) is 0 Å². The molecule has 2 rings (SSSR count). The number of carboxylic acid groups (broad SMARTS) is 1. The molecule has 0 bridgehead atoms. The van der Waals surface area contributed by atoms with Gasteiger partial charge in [0.05, 0.1) is 6.04 Å². The number of carboxylic acids is 1. The van der Waals surface area contributed by atoms with E-state index in [2.05, 4.69) is 10.6 Å². The molecule has 1 heterocycles. The zero-order valence-electron chi connectivity index (χ0n) is 11.2. The van der Waals surface area contributed by atoms with Crippen molar-refractivity contribution in [1.29, 1.82) is 0 Å². The molecule has 0 saturated carbocycles. The minimum absolute atomic E-state index is 0.152. The Hall–Kier alpha value is -2.54. The summed E-state index contributed by atoms with van der Waals surface area (Å²) in [6, 6.07) is 7.07. The number of hydrogen-bond donors (Lipinski definition) is 4. The summed E-state index contributed by atoms with van der Waals surface area (Å²) in [5.74, 6) is -1.61. The molecule has 7 heteroatoms. The number of benzene rings is 1. The van der Waals surface area contributed by atoms with Crippen LogP contribution in [0.2, 0.25) is 0 Å². The van der Waals surface area contributed by atoms with Gasteiger partial charge in [0.2, 0.25) is 0 Å². The van der Waals surface area contributed by atoms with E-state index in [-0.39, 0.29) is 17.4 Å². The summed E-state index contributed by atoms with van der Waals surface area (Å²) in [6.07, 6.45) is 0. The topological polar surface area (TPSA) is 98.7 Å². The minimum Gasteiger partial charge on any atom is -0.507 e. The number of carbonyl (C=O) groups is 2. The van der Waals surface area contributed by atoms with Crippen molar-refractivity contribution in [3.05, 3.63) is 46.2 Å². The average molecular weight is 306 g/mol. The third-order valence-electron chi connectivity index (χ3n) is 2.80. The summed E-state index contributed by atoms with van der Waals surface area (Å²) in [6.45, 7) is 1.85. The Bertz CT molecular complexity index is 655. The molecule has 0 aliphatic heterocycles. The first kappa shape index (κ1) is 14.9. The number of thiophene rings is 1. The fraction of sp³-hybridized carbons (Fsp3) is 0.143. The lowest BCUT2D eigenvalue weighted by Gasteiger charge is -2.13. The van der Waals surface area contributed by atoms with Gasteiger partial charge >= 0.3 is 12.0 Å². The molecule has 1 atom stereocenters. The van der Waals surface area contributed by atoms with Crippen LogP contribution in [0, 0.1) is 0 Å². The van der Waals surface area contributed by atoms with Crippen LogP contribution in [0.15, 0.2) is 35.7 Å². The van der Waals surface area contributed by atoms with Crippen LogP contribution >= 0.6 is 11.3 Å². The van der Waals surface area contributed by atoms with Crippen molar-refractivity contribution in [2.75, 3.05) is 5.32 Å². The molecule has 110 valence electrons. The SMILES string of the molecule is CC(NC(=O)Nc1ccc(O)c(C(=O)O)c1)c1cccs1. The predicted molar refractivity (Wildman–Crippen MR) is 80.0 cm³/mol. The van der Waals surface area contributed by atoms with Gasteiger partial charge in [0.1, 0.15) is 11.3 Å². The average Bonchev–Trinajstić information content (AvgIpc) is 2.94. The molecule has 0 aliphatic carbocycles. The molecule has 2 aromatic rings. The Kier molecular flexibility index (Phi) is 4.44. The van der Waals surface area contributed by atoms with Crippen LogP contribution in [-0.4, -0.2) is 22.2 Å². The number of phenols is 1. The second-order valence-electron chi connectivity index (χ2n) is 4.37. The van der Waals surface area contributed by atoms with Crippen molar-refractivity contribution in [1.82, 2.24) is 5.32 Å². The molecule has 1 aromatic heterocycles. The van der Waals surface area contributed by atoms with Gasteiger partial charge in [-0.25, -0.2) is 9.59 Å². The number of hydrogen-bond acceptors (Lipinski definition) is 4. The monoisotopic (exact) mass is 306 g/mol. The van der Waals surface area contributed by atoms with E-state index in [1.54, 1.807) is 0 Å². The molecule has 6 nitrogen and oxygen atoms in total. The first-order valence-corrected chi connectivity index (χ1v) is 7.02. The third kappa shape index (κ3) is 3.73. The standard InChI is InChI=1S/C14H14N2O4S/c1-8(12-3-2-6-21-12)15-14(20)16-9-4-5-11(17)10(7-9)13(18)19/h2-8,17H,1H3,(H,18,19)(H2,15,16,20). The molecule has 2 amide bonds. The Morgan fingerprint density at radius 1 is 1.29 bits per heavy atom. The van der Waals surface area contributed by atoms with E-state index >= 15 is 0 Å². The molecule has 0 aliphatic rings. The summed E-state index contributed by atoms with van der Waals surface area (Å²) in [5, 5.41) is 25.5. The highest BCUT2D eigenvalue weighted by molar-refractivity contribution is 7.10. The quantitative estimate of drug-likeness (QED) is 0.652. The van der Waals surface area contributed by atoms with Crippen LogP contribution < -0.4 is 10.6 Å². The number of nitrogens with one attached hydrogen (secondary N) is 2. The van der Waals surface area contributed by atoms with E-state index in [9.17, 15) is 14.7 Å². The fourth-order valence-electron chi connectivity index (χ4n) is 1.76. The second-order valence-corrected chi connectivity index (χ2v) is 5.35. The second kappa shape index (κ2) is 6.27. The zero-order valence-corrected chi connectivity index (χ0v) is 12.0. The molecular weight excluding hydrogens is 292 g/mol. The Labute approximate surface area is 125 Å². The summed E-state index contributed by atoms with van der Waals surface area (Å²) in [5.41, 5.74) is 0.0279. The van der Waals surface area contributed by atoms with Gasteiger partial charge in [0.25, 0.3) is 0 Å². The van der Waals surface area contributed by atoms with E-state index in [1.807, 2.05) is 24.4 Å². The third-order valence-corrected chi connectivity index (χ3v) is 3.86. The Morgan fingerprint density at radius 3 is 2.67 bits per heavy atom. The molecule has 4 N–H and O–H groups in total. The van der Waals surface area contributed by atoms with Gasteiger partial charge in [-0.2, -0.15) is 0 Å². The number of anilines is 1. The summed E-state index contributed by atoms with van der Waals surface area (Å²) >= 11 is 1.53. The maximum Gasteiger partial charge on any atom is 0.339 e. The molecule has 1 aromatic carbocycles. The summed E-state index contributed by atoms with van der Waals surface area (Å²) in [7, 11) is 0. The van der Waals surface area contributed by atoms with Gasteiger partial charge in [-0.05, 0) is 36.6 Å². The minimum atomic E-state index is -1.26. The van der Waals surface area contributed by atoms with Gasteiger partial charge in [-0.1, -0.05) is 6.07 Å². The van der Waals surface area contributed by atoms with E-state index in [0.717, 1.165) is 4.88 Å². The number of rotatable bonds is 4. The van der Waals surface area contributed by atoms with E-state index in [4.69, 9.17) is 5.11 Å². The lowest BCUT2D eigenvalue weighted by Crippen LogP contribution is -2.30. The maximum atomic E-state index is 11.9. The molecule has 0 spiro atoms. The van der Waals surface area contributed by atoms with E-state index in [1.165, 1.54) is 29.5 Å². The molecule has 0 saturated heterocycles. The molecule has 0 radical (unpaired) electrons. The number of carbonyl (C=O) groups excluding carboxylic acids is 1. The number of amides is 2. The smallest absolute Gasteiger partial charge is 0.339 e. The number of aromatic carboxylic acids is 1. The largest absolute Gasteiger partial charge is 0.507 e. The van der Waals surface area contributed by atoms with Crippen LogP contribution in [0.3, 0.4) is 0 Å². The summed E-state index contributed by atoms with van der Waals surface area (Å²) in [4.78, 5) is 23.8. The van der Waals surface area contributed by atoms with Crippen LogP contribution in [0.1, 0.15) is 28.2 Å². The van der Waals surface area contributed by atoms with Gasteiger partial charge in [-0.15, -0.1) is 11.3 Å². The maximum absolute atomic E-state index is 11.9. The highest BCUT2D eigenvalue weighted by atomic mass is 32.1. The van der Waals surface area contributed by atoms with Crippen LogP contribution in [0.5, 0.6) is 5.75 Å². The van der Waals surface area contributed by atoms with Crippen LogP contribution in [-0.2, 0) is 0 Å². The first-order valence-electron chi connectivity index (χ1n) is 6.14. The van der Waals surface area contributed by atoms with Crippen molar-refractivity contribution >= 4 is 29.0 Å². The lowest BCUT2D eigenvalue weighted by molar-refractivity contribution is 0.0693.